The molecule has 6 rings (SSSR count). The van der Waals surface area contributed by atoms with Gasteiger partial charge in [0.1, 0.15) is 30.7 Å². The molecule has 18 nitrogen and oxygen atoms in total. The molecule has 50 heavy (non-hydrogen) atoms. The zero-order chi connectivity index (χ0) is 37.0. The smallest absolute Gasteiger partial charge is 0.393 e. The van der Waals surface area contributed by atoms with Gasteiger partial charge in [-0.05, 0) is 79.3 Å². The molecule has 0 radical (unpaired) electrons. The molecule has 9 N–H and O–H groups in total. The van der Waals surface area contributed by atoms with E-state index in [1.54, 1.807) is 6.08 Å². The molecule has 0 unspecified atom stereocenters. The first-order chi connectivity index (χ1) is 23.1. The van der Waals surface area contributed by atoms with Crippen LogP contribution in [-0.2, 0) is 32.5 Å². The lowest BCUT2D eigenvalue weighted by atomic mass is 9.46. The van der Waals surface area contributed by atoms with Crippen molar-refractivity contribution in [3.63, 3.8) is 0 Å². The fourth-order valence-corrected chi connectivity index (χ4v) is 9.99. The third-order valence-corrected chi connectivity index (χ3v) is 12.5. The average molecular weight is 750 g/mol. The van der Waals surface area contributed by atoms with E-state index in [4.69, 9.17) is 30.0 Å². The molecule has 1 saturated heterocycles. The third kappa shape index (κ3) is 7.92. The number of nitrogens with zero attached hydrogens (tertiary/aromatic N) is 2. The molecule has 280 valence electrons. The van der Waals surface area contributed by atoms with Gasteiger partial charge >= 0.3 is 21.3 Å². The number of carbonyl (C=O) groups is 2. The molecule has 0 amide bonds. The summed E-state index contributed by atoms with van der Waals surface area (Å²) < 4.78 is 36.4. The highest BCUT2D eigenvalue weighted by atomic mass is 31.2. The second kappa shape index (κ2) is 14.3. The van der Waals surface area contributed by atoms with Gasteiger partial charge in [-0.1, -0.05) is 19.4 Å². The molecular formula is C30H45N3O15P2. The molecule has 1 aliphatic heterocycles. The fourth-order valence-electron chi connectivity index (χ4n) is 9.35. The van der Waals surface area contributed by atoms with E-state index >= 15 is 0 Å². The van der Waals surface area contributed by atoms with E-state index in [0.717, 1.165) is 30.3 Å². The number of phosphoric acid groups is 2. The van der Waals surface area contributed by atoms with Crippen LogP contribution in [-0.4, -0.2) is 93.6 Å². The van der Waals surface area contributed by atoms with Crippen LogP contribution < -0.4 is 11.4 Å². The molecule has 0 aromatic carbocycles. The maximum atomic E-state index is 12.7. The van der Waals surface area contributed by atoms with Crippen LogP contribution in [0.3, 0.4) is 0 Å². The van der Waals surface area contributed by atoms with Crippen LogP contribution in [0.25, 0.3) is 0 Å². The predicted octanol–water partition coefficient (Wildman–Crippen LogP) is 0.338. The quantitative estimate of drug-likeness (QED) is 0.166. The van der Waals surface area contributed by atoms with Gasteiger partial charge in [0.15, 0.2) is 17.8 Å². The van der Waals surface area contributed by atoms with Crippen LogP contribution in [0.4, 0.5) is 5.82 Å². The number of fused-ring (bicyclic) bond motifs is 5. The number of ether oxygens (including phenoxy) is 1. The molecule has 2 heterocycles. The molecule has 1 aromatic rings. The number of hydrogen-bond acceptors (Lipinski definition) is 13. The SMILES string of the molecule is C[C@]12C[C@H](O)[C@H]3[C@@H](CCC4=CC(=O)CC[C@@]43C)[C@@H]1CC[C@@H]2C(=O)COP(=O)(O)O.Nc1ccn([C@@H]2O[C@H](COP(=O)(O)O)[C@@H](O)[C@@H]2O)c(=O)n1. The summed E-state index contributed by atoms with van der Waals surface area (Å²) in [6, 6.07) is 1.29. The molecule has 4 fully saturated rings. The van der Waals surface area contributed by atoms with Crippen molar-refractivity contribution in [1.82, 2.24) is 9.55 Å². The van der Waals surface area contributed by atoms with Gasteiger partial charge in [0.05, 0.1) is 12.7 Å². The highest BCUT2D eigenvalue weighted by molar-refractivity contribution is 7.46. The van der Waals surface area contributed by atoms with Crippen LogP contribution in [0.15, 0.2) is 28.7 Å². The molecule has 0 spiro atoms. The monoisotopic (exact) mass is 749 g/mol. The fraction of sp³-hybridized carbons (Fsp3) is 0.733. The van der Waals surface area contributed by atoms with Gasteiger partial charge in [-0.2, -0.15) is 4.98 Å². The Bertz CT molecular complexity index is 1660. The Morgan fingerprint density at radius 2 is 1.72 bits per heavy atom. The van der Waals surface area contributed by atoms with Gasteiger partial charge in [-0.3, -0.25) is 23.2 Å². The Morgan fingerprint density at radius 3 is 2.36 bits per heavy atom. The number of nitrogen functional groups attached to an aromatic ring is 1. The van der Waals surface area contributed by atoms with Crippen molar-refractivity contribution >= 4 is 33.0 Å². The number of aliphatic hydroxyl groups excluding tert-OH is 3. The lowest BCUT2D eigenvalue weighted by Crippen LogP contribution is -2.57. The number of nitrogens with two attached hydrogens (primary N) is 1. The minimum atomic E-state index is -4.74. The summed E-state index contributed by atoms with van der Waals surface area (Å²) in [6.07, 6.45) is 2.11. The second-order valence-corrected chi connectivity index (χ2v) is 16.9. The number of ketones is 2. The number of allylic oxidation sites excluding steroid dienone is 1. The number of rotatable bonds is 8. The lowest BCUT2D eigenvalue weighted by Gasteiger charge is -2.59. The summed E-state index contributed by atoms with van der Waals surface area (Å²) in [7, 11) is -9.43. The largest absolute Gasteiger partial charge is 0.470 e. The van der Waals surface area contributed by atoms with Crippen LogP contribution in [0, 0.1) is 34.5 Å². The van der Waals surface area contributed by atoms with E-state index in [-0.39, 0.29) is 40.6 Å². The van der Waals surface area contributed by atoms with Crippen LogP contribution in [0.2, 0.25) is 0 Å². The standard InChI is InChI=1S/C21H31O7P.C9H14N3O8P/c1-20-8-7-13(22)9-12(20)3-4-14-15-5-6-16(18(24)11-28-29(25,26)27)21(15,2)10-17(23)19(14)20;10-5-1-2-12(9(15)11-5)8-7(14)6(13)4(20-8)3-19-21(16,17)18/h9,14-17,19,23H,3-8,10-11H2,1-2H3,(H2,25,26,27);1-2,4,6-8,13-14H,3H2,(H2,10,11,15)(H2,16,17,18)/t14-,15-,16+,17-,19+,20-,21-;4-,6-,7+,8-/m01/s1. The van der Waals surface area contributed by atoms with Gasteiger partial charge in [-0.25, -0.2) is 13.9 Å². The number of anilines is 1. The molecule has 5 aliphatic rings. The van der Waals surface area contributed by atoms with Gasteiger partial charge in [0.25, 0.3) is 0 Å². The summed E-state index contributed by atoms with van der Waals surface area (Å²) in [5.74, 6) is 0.194. The number of aromatic nitrogens is 2. The number of carbonyl (C=O) groups excluding carboxylic acids is 2. The van der Waals surface area contributed by atoms with Crippen molar-refractivity contribution < 1.29 is 67.4 Å². The Morgan fingerprint density at radius 1 is 1.04 bits per heavy atom. The maximum Gasteiger partial charge on any atom is 0.470 e. The van der Waals surface area contributed by atoms with Crippen molar-refractivity contribution in [1.29, 1.82) is 0 Å². The lowest BCUT2D eigenvalue weighted by molar-refractivity contribution is -0.146. The van der Waals surface area contributed by atoms with E-state index in [2.05, 4.69) is 27.9 Å². The average Bonchev–Trinajstić information content (AvgIpc) is 3.49. The van der Waals surface area contributed by atoms with Crippen molar-refractivity contribution in [2.75, 3.05) is 18.9 Å². The Kier molecular flexibility index (Phi) is 11.2. The van der Waals surface area contributed by atoms with Crippen LogP contribution in [0.1, 0.15) is 65.0 Å². The first kappa shape index (κ1) is 39.0. The number of Topliss-reactive ketones (excluding diaryl/α,β-unsaturated/α-hetero) is 1. The first-order valence-corrected chi connectivity index (χ1v) is 19.4. The minimum Gasteiger partial charge on any atom is -0.393 e. The van der Waals surface area contributed by atoms with E-state index in [1.807, 2.05) is 0 Å². The summed E-state index contributed by atoms with van der Waals surface area (Å²) in [4.78, 5) is 74.8. The first-order valence-electron chi connectivity index (χ1n) is 16.4. The molecule has 11 atom stereocenters. The van der Waals surface area contributed by atoms with Crippen LogP contribution >= 0.6 is 15.6 Å². The summed E-state index contributed by atoms with van der Waals surface area (Å²) >= 11 is 0. The molecular weight excluding hydrogens is 704 g/mol. The van der Waals surface area contributed by atoms with E-state index < -0.39 is 70.6 Å². The van der Waals surface area contributed by atoms with Crippen molar-refractivity contribution in [2.24, 2.45) is 34.5 Å². The third-order valence-electron chi connectivity index (χ3n) is 11.5. The maximum absolute atomic E-state index is 12.7. The topological polar surface area (TPSA) is 298 Å². The Labute approximate surface area is 287 Å². The number of hydrogen-bond donors (Lipinski definition) is 8. The van der Waals surface area contributed by atoms with Crippen molar-refractivity contribution in [3.05, 3.63) is 34.4 Å². The minimum absolute atomic E-state index is 0.0225. The summed E-state index contributed by atoms with van der Waals surface area (Å²) in [5.41, 5.74) is 5.15. The van der Waals surface area contributed by atoms with Crippen LogP contribution in [0.5, 0.6) is 0 Å². The van der Waals surface area contributed by atoms with Gasteiger partial charge in [0, 0.05) is 18.5 Å². The number of phosphoric ester groups is 2. The molecule has 1 aromatic heterocycles. The zero-order valence-electron chi connectivity index (χ0n) is 27.6. The summed E-state index contributed by atoms with van der Waals surface area (Å²) in [6.45, 7) is 3.01. The molecule has 3 saturated carbocycles. The van der Waals surface area contributed by atoms with Gasteiger partial charge in [-0.15, -0.1) is 0 Å². The van der Waals surface area contributed by atoms with Gasteiger partial charge in [0.2, 0.25) is 0 Å². The molecule has 20 heteroatoms. The van der Waals surface area contributed by atoms with E-state index in [0.29, 0.717) is 25.2 Å². The highest BCUT2D eigenvalue weighted by Crippen LogP contribution is 2.66. The molecule has 4 aliphatic carbocycles. The van der Waals surface area contributed by atoms with E-state index in [9.17, 15) is 38.8 Å². The summed E-state index contributed by atoms with van der Waals surface area (Å²) in [5, 5.41) is 30.9. The Balaban J connectivity index is 0.000000205. The molecule has 0 bridgehead atoms. The van der Waals surface area contributed by atoms with Crippen molar-refractivity contribution in [2.45, 2.75) is 89.4 Å². The normalized spacial score (nSPS) is 38.3. The Hall–Kier alpha value is -2.18. The van der Waals surface area contributed by atoms with Crippen molar-refractivity contribution in [3.8, 4) is 0 Å². The predicted molar refractivity (Wildman–Crippen MR) is 171 cm³/mol. The highest BCUT2D eigenvalue weighted by Gasteiger charge is 2.63. The van der Waals surface area contributed by atoms with E-state index in [1.165, 1.54) is 17.8 Å². The number of aliphatic hydroxyl groups is 3. The van der Waals surface area contributed by atoms with Gasteiger partial charge < -0.3 is 45.4 Å². The second-order valence-electron chi connectivity index (χ2n) is 14.4. The zero-order valence-corrected chi connectivity index (χ0v) is 29.3.